The normalized spacial score (nSPS) is 17.8. The minimum Gasteiger partial charge on any atom is -0.497 e. The second-order valence-corrected chi connectivity index (χ2v) is 6.24. The summed E-state index contributed by atoms with van der Waals surface area (Å²) >= 11 is 0. The van der Waals surface area contributed by atoms with Crippen LogP contribution >= 0.6 is 0 Å². The van der Waals surface area contributed by atoms with E-state index in [4.69, 9.17) is 4.74 Å². The minimum atomic E-state index is -0.510. The predicted octanol–water partition coefficient (Wildman–Crippen LogP) is 3.61. The van der Waals surface area contributed by atoms with Crippen LogP contribution in [0.4, 0.5) is 0 Å². The number of aliphatic hydroxyl groups excluding tert-OH is 1. The maximum atomic E-state index is 11.0. The van der Waals surface area contributed by atoms with E-state index in [-0.39, 0.29) is 5.92 Å². The monoisotopic (exact) mass is 311 g/mol. The van der Waals surface area contributed by atoms with E-state index in [0.717, 1.165) is 30.9 Å². The van der Waals surface area contributed by atoms with Crippen LogP contribution in [-0.4, -0.2) is 36.8 Å². The lowest BCUT2D eigenvalue weighted by Crippen LogP contribution is -2.29. The third-order valence-electron chi connectivity index (χ3n) is 4.72. The van der Waals surface area contributed by atoms with Gasteiger partial charge in [0, 0.05) is 12.5 Å². The van der Waals surface area contributed by atoms with Crippen LogP contribution in [0.25, 0.3) is 0 Å². The summed E-state index contributed by atoms with van der Waals surface area (Å²) in [5.74, 6) is 0.902. The molecule has 0 radical (unpaired) electrons. The number of aliphatic hydroxyl groups is 1. The molecular weight excluding hydrogens is 286 g/mol. The van der Waals surface area contributed by atoms with Gasteiger partial charge in [-0.1, -0.05) is 42.5 Å². The third kappa shape index (κ3) is 3.92. The summed E-state index contributed by atoms with van der Waals surface area (Å²) in [6.45, 7) is 3.18. The fourth-order valence-electron chi connectivity index (χ4n) is 3.36. The van der Waals surface area contributed by atoms with Crippen LogP contribution in [0.1, 0.15) is 36.0 Å². The molecule has 0 saturated carbocycles. The van der Waals surface area contributed by atoms with Crippen molar-refractivity contribution in [2.24, 2.45) is 0 Å². The molecule has 2 aromatic rings. The molecule has 1 aliphatic rings. The fraction of sp³-hybridized carbons (Fsp3) is 0.400. The van der Waals surface area contributed by atoms with E-state index in [1.807, 2.05) is 42.5 Å². The highest BCUT2D eigenvalue weighted by Gasteiger charge is 2.26. The summed E-state index contributed by atoms with van der Waals surface area (Å²) in [6, 6.07) is 18.1. The highest BCUT2D eigenvalue weighted by Crippen LogP contribution is 2.33. The van der Waals surface area contributed by atoms with E-state index >= 15 is 0 Å². The fourth-order valence-corrected chi connectivity index (χ4v) is 3.36. The first kappa shape index (κ1) is 16.0. The van der Waals surface area contributed by atoms with Gasteiger partial charge in [-0.3, -0.25) is 0 Å². The zero-order valence-corrected chi connectivity index (χ0v) is 13.7. The van der Waals surface area contributed by atoms with Gasteiger partial charge >= 0.3 is 0 Å². The van der Waals surface area contributed by atoms with E-state index < -0.39 is 6.10 Å². The first-order valence-corrected chi connectivity index (χ1v) is 8.37. The van der Waals surface area contributed by atoms with Gasteiger partial charge in [-0.2, -0.15) is 0 Å². The molecule has 3 nitrogen and oxygen atoms in total. The number of nitrogens with zero attached hydrogens (tertiary/aromatic N) is 1. The second kappa shape index (κ2) is 7.62. The van der Waals surface area contributed by atoms with E-state index in [1.165, 1.54) is 18.4 Å². The van der Waals surface area contributed by atoms with Gasteiger partial charge in [0.15, 0.2) is 0 Å². The highest BCUT2D eigenvalue weighted by atomic mass is 16.5. The van der Waals surface area contributed by atoms with Gasteiger partial charge in [-0.25, -0.2) is 0 Å². The molecule has 0 aromatic heterocycles. The Morgan fingerprint density at radius 1 is 0.957 bits per heavy atom. The van der Waals surface area contributed by atoms with Crippen LogP contribution < -0.4 is 4.74 Å². The van der Waals surface area contributed by atoms with Crippen LogP contribution in [0, 0.1) is 0 Å². The van der Waals surface area contributed by atoms with Crippen molar-refractivity contribution in [3.63, 3.8) is 0 Å². The van der Waals surface area contributed by atoms with Crippen LogP contribution in [0.5, 0.6) is 5.75 Å². The van der Waals surface area contributed by atoms with E-state index in [9.17, 15) is 5.11 Å². The SMILES string of the molecule is COc1ccc([C@H](O)[C@@H](CN2CCCC2)c2ccccc2)cc1. The lowest BCUT2D eigenvalue weighted by atomic mass is 9.88. The van der Waals surface area contributed by atoms with Crippen molar-refractivity contribution in [1.29, 1.82) is 0 Å². The number of methoxy groups -OCH3 is 1. The lowest BCUT2D eigenvalue weighted by molar-refractivity contribution is 0.123. The molecular formula is C20H25NO2. The molecule has 0 spiro atoms. The Hall–Kier alpha value is -1.84. The van der Waals surface area contributed by atoms with Crippen molar-refractivity contribution < 1.29 is 9.84 Å². The van der Waals surface area contributed by atoms with Crippen LogP contribution in [0.15, 0.2) is 54.6 Å². The number of ether oxygens (including phenoxy) is 1. The quantitative estimate of drug-likeness (QED) is 0.884. The molecule has 1 aliphatic heterocycles. The Morgan fingerprint density at radius 3 is 2.22 bits per heavy atom. The van der Waals surface area contributed by atoms with Gasteiger partial charge in [0.25, 0.3) is 0 Å². The number of likely N-dealkylation sites (tertiary alicyclic amines) is 1. The molecule has 1 heterocycles. The van der Waals surface area contributed by atoms with Crippen molar-refractivity contribution in [3.8, 4) is 5.75 Å². The van der Waals surface area contributed by atoms with E-state index in [2.05, 4.69) is 17.0 Å². The maximum Gasteiger partial charge on any atom is 0.118 e. The molecule has 0 aliphatic carbocycles. The Labute approximate surface area is 138 Å². The summed E-state index contributed by atoms with van der Waals surface area (Å²) < 4.78 is 5.21. The Bertz CT molecular complexity index is 591. The van der Waals surface area contributed by atoms with Gasteiger partial charge in [0.05, 0.1) is 13.2 Å². The minimum absolute atomic E-state index is 0.0858. The standard InChI is InChI=1S/C20H25NO2/c1-23-18-11-9-17(10-12-18)20(22)19(15-21-13-5-6-14-21)16-7-3-2-4-8-16/h2-4,7-12,19-20,22H,5-6,13-15H2,1H3/t19-,20-/m0/s1. The molecule has 23 heavy (non-hydrogen) atoms. The average molecular weight is 311 g/mol. The zero-order chi connectivity index (χ0) is 16.1. The van der Waals surface area contributed by atoms with Gasteiger partial charge < -0.3 is 14.7 Å². The van der Waals surface area contributed by atoms with Crippen molar-refractivity contribution >= 4 is 0 Å². The van der Waals surface area contributed by atoms with Crippen molar-refractivity contribution in [2.45, 2.75) is 24.9 Å². The van der Waals surface area contributed by atoms with Gasteiger partial charge in [-0.15, -0.1) is 0 Å². The first-order chi connectivity index (χ1) is 11.3. The van der Waals surface area contributed by atoms with Gasteiger partial charge in [-0.05, 0) is 49.2 Å². The van der Waals surface area contributed by atoms with Crippen LogP contribution in [0.2, 0.25) is 0 Å². The zero-order valence-electron chi connectivity index (χ0n) is 13.7. The number of benzene rings is 2. The Balaban J connectivity index is 1.83. The summed E-state index contributed by atoms with van der Waals surface area (Å²) in [5, 5.41) is 11.0. The maximum absolute atomic E-state index is 11.0. The smallest absolute Gasteiger partial charge is 0.118 e. The molecule has 0 unspecified atom stereocenters. The highest BCUT2D eigenvalue weighted by molar-refractivity contribution is 5.32. The van der Waals surface area contributed by atoms with Crippen LogP contribution in [-0.2, 0) is 0 Å². The molecule has 3 rings (SSSR count). The largest absolute Gasteiger partial charge is 0.497 e. The molecule has 2 atom stereocenters. The molecule has 0 bridgehead atoms. The summed E-state index contributed by atoms with van der Waals surface area (Å²) in [5.41, 5.74) is 2.14. The Kier molecular flexibility index (Phi) is 5.31. The average Bonchev–Trinajstić information content (AvgIpc) is 3.13. The molecule has 122 valence electrons. The van der Waals surface area contributed by atoms with Crippen molar-refractivity contribution in [1.82, 2.24) is 4.90 Å². The lowest BCUT2D eigenvalue weighted by Gasteiger charge is -2.28. The van der Waals surface area contributed by atoms with E-state index in [0.29, 0.717) is 0 Å². The van der Waals surface area contributed by atoms with Crippen LogP contribution in [0.3, 0.4) is 0 Å². The number of hydrogen-bond acceptors (Lipinski definition) is 3. The molecule has 3 heteroatoms. The van der Waals surface area contributed by atoms with Crippen molar-refractivity contribution in [3.05, 3.63) is 65.7 Å². The third-order valence-corrected chi connectivity index (χ3v) is 4.72. The van der Waals surface area contributed by atoms with Gasteiger partial charge in [0.1, 0.15) is 5.75 Å². The molecule has 1 N–H and O–H groups in total. The van der Waals surface area contributed by atoms with Crippen molar-refractivity contribution in [2.75, 3.05) is 26.7 Å². The number of rotatable bonds is 6. The summed E-state index contributed by atoms with van der Waals surface area (Å²) in [4.78, 5) is 2.46. The predicted molar refractivity (Wildman–Crippen MR) is 92.8 cm³/mol. The summed E-state index contributed by atoms with van der Waals surface area (Å²) in [6.07, 6.45) is 2.02. The molecule has 2 aromatic carbocycles. The Morgan fingerprint density at radius 2 is 1.61 bits per heavy atom. The first-order valence-electron chi connectivity index (χ1n) is 8.37. The molecule has 1 fully saturated rings. The van der Waals surface area contributed by atoms with E-state index in [1.54, 1.807) is 7.11 Å². The topological polar surface area (TPSA) is 32.7 Å². The second-order valence-electron chi connectivity index (χ2n) is 6.24. The van der Waals surface area contributed by atoms with Gasteiger partial charge in [0.2, 0.25) is 0 Å². The molecule has 0 amide bonds. The molecule has 1 saturated heterocycles. The number of hydrogen-bond donors (Lipinski definition) is 1. The summed E-state index contributed by atoms with van der Waals surface area (Å²) in [7, 11) is 1.66.